The van der Waals surface area contributed by atoms with Crippen LogP contribution in [0, 0.1) is 18.7 Å². The van der Waals surface area contributed by atoms with Gasteiger partial charge in [-0.1, -0.05) is 18.2 Å². The van der Waals surface area contributed by atoms with E-state index in [9.17, 15) is 14.3 Å². The van der Waals surface area contributed by atoms with Gasteiger partial charge >= 0.3 is 0 Å². The van der Waals surface area contributed by atoms with Crippen LogP contribution in [0.2, 0.25) is 0 Å². The first-order chi connectivity index (χ1) is 15.3. The SMILES string of the molecule is Cc1cccnc1COc1ncc(C(=O)NCC(C)(O)C2CC2)cc1-c1ccc(F)cc1. The fourth-order valence-electron chi connectivity index (χ4n) is 3.54. The second-order valence-corrected chi connectivity index (χ2v) is 8.45. The Morgan fingerprint density at radius 1 is 1.25 bits per heavy atom. The predicted octanol–water partition coefficient (Wildman–Crippen LogP) is 4.06. The molecule has 0 spiro atoms. The number of nitrogens with zero attached hydrogens (tertiary/aromatic N) is 2. The molecule has 1 amide bonds. The number of halogens is 1. The lowest BCUT2D eigenvalue weighted by Gasteiger charge is -2.23. The van der Waals surface area contributed by atoms with Crippen LogP contribution < -0.4 is 10.1 Å². The highest BCUT2D eigenvalue weighted by Crippen LogP contribution is 2.39. The average molecular weight is 435 g/mol. The molecule has 1 aliphatic rings. The smallest absolute Gasteiger partial charge is 0.252 e. The molecule has 0 saturated heterocycles. The monoisotopic (exact) mass is 435 g/mol. The molecule has 2 N–H and O–H groups in total. The molecule has 32 heavy (non-hydrogen) atoms. The Morgan fingerprint density at radius 3 is 2.69 bits per heavy atom. The Balaban J connectivity index is 1.57. The van der Waals surface area contributed by atoms with Crippen LogP contribution in [0.1, 0.15) is 41.4 Å². The number of carbonyl (C=O) groups is 1. The van der Waals surface area contributed by atoms with Gasteiger partial charge in [-0.15, -0.1) is 0 Å². The summed E-state index contributed by atoms with van der Waals surface area (Å²) in [4.78, 5) is 21.4. The summed E-state index contributed by atoms with van der Waals surface area (Å²) in [5.41, 5.74) is 2.42. The summed E-state index contributed by atoms with van der Waals surface area (Å²) < 4.78 is 19.4. The summed E-state index contributed by atoms with van der Waals surface area (Å²) in [6.45, 7) is 4.07. The minimum Gasteiger partial charge on any atom is -0.471 e. The van der Waals surface area contributed by atoms with Gasteiger partial charge in [-0.05, 0) is 68.0 Å². The summed E-state index contributed by atoms with van der Waals surface area (Å²) in [5.74, 6) is -0.150. The zero-order valence-electron chi connectivity index (χ0n) is 18.1. The number of hydrogen-bond donors (Lipinski definition) is 2. The molecule has 1 fully saturated rings. The first-order valence-corrected chi connectivity index (χ1v) is 10.6. The van der Waals surface area contributed by atoms with Gasteiger partial charge in [0.25, 0.3) is 5.91 Å². The van der Waals surface area contributed by atoms with E-state index >= 15 is 0 Å². The van der Waals surface area contributed by atoms with Crippen LogP contribution >= 0.6 is 0 Å². The Bertz CT molecular complexity index is 1110. The highest BCUT2D eigenvalue weighted by atomic mass is 19.1. The first kappa shape index (κ1) is 21.9. The predicted molar refractivity (Wildman–Crippen MR) is 119 cm³/mol. The van der Waals surface area contributed by atoms with Crippen LogP contribution in [0.15, 0.2) is 54.9 Å². The molecule has 166 valence electrons. The highest BCUT2D eigenvalue weighted by Gasteiger charge is 2.40. The van der Waals surface area contributed by atoms with Crippen molar-refractivity contribution in [3.05, 3.63) is 77.5 Å². The topological polar surface area (TPSA) is 84.3 Å². The van der Waals surface area contributed by atoms with Crippen LogP contribution in [0.3, 0.4) is 0 Å². The van der Waals surface area contributed by atoms with Gasteiger partial charge in [0, 0.05) is 24.5 Å². The lowest BCUT2D eigenvalue weighted by Crippen LogP contribution is -2.42. The largest absolute Gasteiger partial charge is 0.471 e. The maximum atomic E-state index is 13.5. The zero-order chi connectivity index (χ0) is 22.7. The molecule has 1 aromatic carbocycles. The molecule has 0 radical (unpaired) electrons. The number of nitrogens with one attached hydrogen (secondary N) is 1. The van der Waals surface area contributed by atoms with Crippen molar-refractivity contribution in [1.29, 1.82) is 0 Å². The molecule has 1 atom stereocenters. The lowest BCUT2D eigenvalue weighted by atomic mass is 10.0. The van der Waals surface area contributed by atoms with Gasteiger partial charge in [0.2, 0.25) is 5.88 Å². The summed E-state index contributed by atoms with van der Waals surface area (Å²) in [6, 6.07) is 11.4. The van der Waals surface area contributed by atoms with Crippen molar-refractivity contribution in [3.63, 3.8) is 0 Å². The molecule has 1 saturated carbocycles. The Labute approximate surface area is 186 Å². The number of hydrogen-bond acceptors (Lipinski definition) is 5. The number of pyridine rings is 2. The molecule has 4 rings (SSSR count). The van der Waals surface area contributed by atoms with E-state index in [-0.39, 0.29) is 30.8 Å². The zero-order valence-corrected chi connectivity index (χ0v) is 18.1. The standard InChI is InChI=1S/C25H26FN3O3/c1-16-4-3-11-27-22(16)14-32-24-21(17-5-9-20(26)10-6-17)12-18(13-28-24)23(30)29-15-25(2,31)19-7-8-19/h3-6,9-13,19,31H,7-8,14-15H2,1-2H3,(H,29,30). The first-order valence-electron chi connectivity index (χ1n) is 10.6. The maximum absolute atomic E-state index is 13.5. The van der Waals surface area contributed by atoms with Gasteiger partial charge in [0.1, 0.15) is 12.4 Å². The summed E-state index contributed by atoms with van der Waals surface area (Å²) in [6.07, 6.45) is 5.08. The number of aromatic nitrogens is 2. The minimum absolute atomic E-state index is 0.166. The molecule has 7 heteroatoms. The molecule has 2 heterocycles. The van der Waals surface area contributed by atoms with E-state index in [0.29, 0.717) is 22.6 Å². The number of amides is 1. The van der Waals surface area contributed by atoms with Crippen LogP contribution in [0.25, 0.3) is 11.1 Å². The van der Waals surface area contributed by atoms with E-state index in [1.165, 1.54) is 18.3 Å². The Hall–Kier alpha value is -3.32. The van der Waals surface area contributed by atoms with E-state index in [1.807, 2.05) is 19.1 Å². The summed E-state index contributed by atoms with van der Waals surface area (Å²) >= 11 is 0. The van der Waals surface area contributed by atoms with Crippen molar-refractivity contribution in [2.24, 2.45) is 5.92 Å². The quantitative estimate of drug-likeness (QED) is 0.557. The van der Waals surface area contributed by atoms with Crippen molar-refractivity contribution in [2.75, 3.05) is 6.54 Å². The third kappa shape index (κ3) is 5.11. The van der Waals surface area contributed by atoms with Crippen LogP contribution in [0.4, 0.5) is 4.39 Å². The number of aryl methyl sites for hydroxylation is 1. The van der Waals surface area contributed by atoms with Crippen molar-refractivity contribution >= 4 is 5.91 Å². The maximum Gasteiger partial charge on any atom is 0.252 e. The molecular formula is C25H26FN3O3. The lowest BCUT2D eigenvalue weighted by molar-refractivity contribution is 0.0354. The molecular weight excluding hydrogens is 409 g/mol. The molecule has 1 aliphatic carbocycles. The van der Waals surface area contributed by atoms with Crippen LogP contribution in [-0.4, -0.2) is 33.1 Å². The Kier molecular flexibility index (Phi) is 6.19. The molecule has 6 nitrogen and oxygen atoms in total. The fraction of sp³-hybridized carbons (Fsp3) is 0.320. The van der Waals surface area contributed by atoms with Crippen molar-refractivity contribution < 1.29 is 19.0 Å². The third-order valence-corrected chi connectivity index (χ3v) is 5.80. The van der Waals surface area contributed by atoms with Gasteiger partial charge < -0.3 is 15.2 Å². The second-order valence-electron chi connectivity index (χ2n) is 8.45. The molecule has 2 aromatic heterocycles. The van der Waals surface area contributed by atoms with Gasteiger partial charge in [-0.2, -0.15) is 0 Å². The van der Waals surface area contributed by atoms with E-state index in [4.69, 9.17) is 4.74 Å². The van der Waals surface area contributed by atoms with Crippen LogP contribution in [0.5, 0.6) is 5.88 Å². The minimum atomic E-state index is -0.924. The summed E-state index contributed by atoms with van der Waals surface area (Å²) in [7, 11) is 0. The van der Waals surface area contributed by atoms with Gasteiger partial charge in [-0.3, -0.25) is 9.78 Å². The highest BCUT2D eigenvalue weighted by molar-refractivity contribution is 5.95. The average Bonchev–Trinajstić information content (AvgIpc) is 3.64. The normalized spacial score (nSPS) is 15.1. The number of rotatable bonds is 8. The number of aliphatic hydroxyl groups is 1. The third-order valence-electron chi connectivity index (χ3n) is 5.80. The second kappa shape index (κ2) is 9.04. The van der Waals surface area contributed by atoms with Gasteiger partial charge in [0.15, 0.2) is 0 Å². The molecule has 0 bridgehead atoms. The van der Waals surface area contributed by atoms with E-state index in [2.05, 4.69) is 15.3 Å². The molecule has 3 aromatic rings. The van der Waals surface area contributed by atoms with Gasteiger partial charge in [0.05, 0.1) is 16.9 Å². The molecule has 1 unspecified atom stereocenters. The van der Waals surface area contributed by atoms with Crippen LogP contribution in [-0.2, 0) is 6.61 Å². The number of benzene rings is 1. The number of carbonyl (C=O) groups excluding carboxylic acids is 1. The van der Waals surface area contributed by atoms with Crippen molar-refractivity contribution in [1.82, 2.24) is 15.3 Å². The van der Waals surface area contributed by atoms with Crippen molar-refractivity contribution in [2.45, 2.75) is 38.9 Å². The van der Waals surface area contributed by atoms with Gasteiger partial charge in [-0.25, -0.2) is 9.37 Å². The van der Waals surface area contributed by atoms with E-state index < -0.39 is 5.60 Å². The van der Waals surface area contributed by atoms with E-state index in [0.717, 1.165) is 24.1 Å². The fourth-order valence-corrected chi connectivity index (χ4v) is 3.54. The summed E-state index contributed by atoms with van der Waals surface area (Å²) in [5, 5.41) is 13.3. The van der Waals surface area contributed by atoms with Crippen molar-refractivity contribution in [3.8, 4) is 17.0 Å². The Morgan fingerprint density at radius 2 is 2.00 bits per heavy atom. The number of ether oxygens (including phenoxy) is 1. The molecule has 0 aliphatic heterocycles. The van der Waals surface area contributed by atoms with E-state index in [1.54, 1.807) is 31.3 Å².